The molecule has 0 aliphatic heterocycles. The van der Waals surface area contributed by atoms with Crippen LogP contribution >= 0.6 is 15.9 Å². The van der Waals surface area contributed by atoms with Crippen molar-refractivity contribution in [2.24, 2.45) is 0 Å². The molecule has 2 rings (SSSR count). The van der Waals surface area contributed by atoms with Crippen LogP contribution in [0.5, 0.6) is 5.75 Å². The van der Waals surface area contributed by atoms with Gasteiger partial charge < -0.3 is 4.74 Å². The van der Waals surface area contributed by atoms with Crippen molar-refractivity contribution in [3.05, 3.63) is 64.7 Å². The normalized spacial score (nSPS) is 12.2. The lowest BCUT2D eigenvalue weighted by molar-refractivity contribution is 0.414. The zero-order chi connectivity index (χ0) is 15.2. The van der Waals surface area contributed by atoms with Gasteiger partial charge in [0.2, 0.25) is 0 Å². The molecule has 112 valence electrons. The summed E-state index contributed by atoms with van der Waals surface area (Å²) in [6, 6.07) is 15.1. The first-order valence-electron chi connectivity index (χ1n) is 7.41. The van der Waals surface area contributed by atoms with Crippen molar-refractivity contribution in [1.82, 2.24) is 0 Å². The zero-order valence-corrected chi connectivity index (χ0v) is 14.6. The summed E-state index contributed by atoms with van der Waals surface area (Å²) in [7, 11) is 1.70. The maximum absolute atomic E-state index is 5.19. The fourth-order valence-electron chi connectivity index (χ4n) is 2.40. The molecule has 0 aliphatic rings. The van der Waals surface area contributed by atoms with Crippen molar-refractivity contribution in [3.63, 3.8) is 0 Å². The molecule has 21 heavy (non-hydrogen) atoms. The fraction of sp³-hybridized carbons (Fsp3) is 0.368. The number of alkyl halides is 1. The van der Waals surface area contributed by atoms with Gasteiger partial charge in [0.1, 0.15) is 5.75 Å². The van der Waals surface area contributed by atoms with Crippen LogP contribution in [0, 0.1) is 13.8 Å². The van der Waals surface area contributed by atoms with Gasteiger partial charge in [-0.3, -0.25) is 0 Å². The Morgan fingerprint density at radius 3 is 2.24 bits per heavy atom. The molecule has 0 fully saturated rings. The Kier molecular flexibility index (Phi) is 5.86. The Balaban J connectivity index is 1.86. The number of benzene rings is 2. The highest BCUT2D eigenvalue weighted by molar-refractivity contribution is 9.09. The van der Waals surface area contributed by atoms with Gasteiger partial charge >= 0.3 is 0 Å². The van der Waals surface area contributed by atoms with E-state index in [1.54, 1.807) is 7.11 Å². The average Bonchev–Trinajstić information content (AvgIpc) is 2.49. The van der Waals surface area contributed by atoms with E-state index in [-0.39, 0.29) is 0 Å². The summed E-state index contributed by atoms with van der Waals surface area (Å²) in [5.41, 5.74) is 5.51. The Morgan fingerprint density at radius 2 is 1.62 bits per heavy atom. The second kappa shape index (κ2) is 7.65. The number of hydrogen-bond donors (Lipinski definition) is 0. The topological polar surface area (TPSA) is 9.23 Å². The summed E-state index contributed by atoms with van der Waals surface area (Å²) in [6.45, 7) is 4.34. The monoisotopic (exact) mass is 346 g/mol. The highest BCUT2D eigenvalue weighted by Gasteiger charge is 2.07. The highest BCUT2D eigenvalue weighted by Crippen LogP contribution is 2.19. The largest absolute Gasteiger partial charge is 0.497 e. The third-order valence-electron chi connectivity index (χ3n) is 3.93. The standard InChI is InChI=1S/C19H23BrO/c1-14-4-5-17(12-15(14)2)13-18(20)9-6-16-7-10-19(21-3)11-8-16/h4-5,7-8,10-12,18H,6,9,13H2,1-3H3. The fourth-order valence-corrected chi connectivity index (χ4v) is 3.01. The quantitative estimate of drug-likeness (QED) is 0.649. The molecule has 0 heterocycles. The molecular weight excluding hydrogens is 324 g/mol. The molecule has 2 heteroatoms. The Bertz CT molecular complexity index is 575. The maximum atomic E-state index is 5.19. The first-order chi connectivity index (χ1) is 10.1. The number of hydrogen-bond acceptors (Lipinski definition) is 1. The van der Waals surface area contributed by atoms with Gasteiger partial charge in [0.15, 0.2) is 0 Å². The molecule has 2 aromatic rings. The first-order valence-corrected chi connectivity index (χ1v) is 8.33. The van der Waals surface area contributed by atoms with E-state index in [9.17, 15) is 0 Å². The Morgan fingerprint density at radius 1 is 0.952 bits per heavy atom. The Hall–Kier alpha value is -1.28. The molecule has 1 atom stereocenters. The van der Waals surface area contributed by atoms with Gasteiger partial charge in [0, 0.05) is 4.83 Å². The van der Waals surface area contributed by atoms with Gasteiger partial charge in [-0.05, 0) is 67.5 Å². The summed E-state index contributed by atoms with van der Waals surface area (Å²) in [5.74, 6) is 0.921. The number of rotatable bonds is 6. The number of aryl methyl sites for hydroxylation is 3. The van der Waals surface area contributed by atoms with Gasteiger partial charge in [-0.25, -0.2) is 0 Å². The summed E-state index contributed by atoms with van der Waals surface area (Å²) in [4.78, 5) is 0.515. The summed E-state index contributed by atoms with van der Waals surface area (Å²) in [5, 5.41) is 0. The smallest absolute Gasteiger partial charge is 0.118 e. The summed E-state index contributed by atoms with van der Waals surface area (Å²) in [6.07, 6.45) is 3.31. The van der Waals surface area contributed by atoms with Gasteiger partial charge in [0.25, 0.3) is 0 Å². The molecule has 0 N–H and O–H groups in total. The maximum Gasteiger partial charge on any atom is 0.118 e. The predicted octanol–water partition coefficient (Wildman–Crippen LogP) is 5.25. The van der Waals surface area contributed by atoms with Gasteiger partial charge in [-0.2, -0.15) is 0 Å². The number of methoxy groups -OCH3 is 1. The van der Waals surface area contributed by atoms with E-state index >= 15 is 0 Å². The van der Waals surface area contributed by atoms with Crippen LogP contribution < -0.4 is 4.74 Å². The SMILES string of the molecule is COc1ccc(CCC(Br)Cc2ccc(C)c(C)c2)cc1. The van der Waals surface area contributed by atoms with Crippen molar-refractivity contribution in [3.8, 4) is 5.75 Å². The van der Waals surface area contributed by atoms with E-state index in [1.807, 2.05) is 12.1 Å². The van der Waals surface area contributed by atoms with Crippen LogP contribution in [0.4, 0.5) is 0 Å². The van der Waals surface area contributed by atoms with Gasteiger partial charge in [0.05, 0.1) is 7.11 Å². The number of halogens is 1. The van der Waals surface area contributed by atoms with Crippen LogP contribution in [0.15, 0.2) is 42.5 Å². The van der Waals surface area contributed by atoms with Crippen molar-refractivity contribution in [2.75, 3.05) is 7.11 Å². The van der Waals surface area contributed by atoms with Crippen LogP contribution in [0.3, 0.4) is 0 Å². The van der Waals surface area contributed by atoms with Gasteiger partial charge in [-0.1, -0.05) is 46.3 Å². The van der Waals surface area contributed by atoms with Crippen LogP contribution in [0.25, 0.3) is 0 Å². The van der Waals surface area contributed by atoms with Gasteiger partial charge in [-0.15, -0.1) is 0 Å². The molecule has 1 unspecified atom stereocenters. The van der Waals surface area contributed by atoms with Crippen molar-refractivity contribution >= 4 is 15.9 Å². The molecule has 0 bridgehead atoms. The average molecular weight is 347 g/mol. The van der Waals surface area contributed by atoms with E-state index in [0.29, 0.717) is 4.83 Å². The lowest BCUT2D eigenvalue weighted by Gasteiger charge is -2.11. The Labute approximate surface area is 136 Å². The lowest BCUT2D eigenvalue weighted by Crippen LogP contribution is -2.05. The second-order valence-electron chi connectivity index (χ2n) is 5.61. The molecule has 0 saturated carbocycles. The van der Waals surface area contributed by atoms with E-state index in [0.717, 1.165) is 25.0 Å². The molecule has 0 aliphatic carbocycles. The predicted molar refractivity (Wildman–Crippen MR) is 93.7 cm³/mol. The molecule has 0 aromatic heterocycles. The molecular formula is C19H23BrO. The minimum absolute atomic E-state index is 0.515. The molecule has 0 spiro atoms. The lowest BCUT2D eigenvalue weighted by atomic mass is 10.0. The van der Waals surface area contributed by atoms with E-state index in [4.69, 9.17) is 4.74 Å². The third-order valence-corrected chi connectivity index (χ3v) is 4.72. The van der Waals surface area contributed by atoms with E-state index in [1.165, 1.54) is 22.3 Å². The van der Waals surface area contributed by atoms with E-state index in [2.05, 4.69) is 60.1 Å². The van der Waals surface area contributed by atoms with Crippen LogP contribution in [0.1, 0.15) is 28.7 Å². The van der Waals surface area contributed by atoms with Crippen molar-refractivity contribution < 1.29 is 4.74 Å². The summed E-state index contributed by atoms with van der Waals surface area (Å²) < 4.78 is 5.19. The highest BCUT2D eigenvalue weighted by atomic mass is 79.9. The number of ether oxygens (including phenoxy) is 1. The first kappa shape index (κ1) is 16.1. The molecule has 0 amide bonds. The van der Waals surface area contributed by atoms with Crippen LogP contribution in [-0.4, -0.2) is 11.9 Å². The molecule has 1 nitrogen and oxygen atoms in total. The molecule has 0 radical (unpaired) electrons. The second-order valence-corrected chi connectivity index (χ2v) is 6.90. The zero-order valence-electron chi connectivity index (χ0n) is 13.0. The molecule has 2 aromatic carbocycles. The van der Waals surface area contributed by atoms with Crippen molar-refractivity contribution in [2.45, 2.75) is 37.9 Å². The minimum Gasteiger partial charge on any atom is -0.497 e. The van der Waals surface area contributed by atoms with E-state index < -0.39 is 0 Å². The van der Waals surface area contributed by atoms with Crippen LogP contribution in [0.2, 0.25) is 0 Å². The minimum atomic E-state index is 0.515. The summed E-state index contributed by atoms with van der Waals surface area (Å²) >= 11 is 3.82. The van der Waals surface area contributed by atoms with Crippen molar-refractivity contribution in [1.29, 1.82) is 0 Å². The van der Waals surface area contributed by atoms with Crippen LogP contribution in [-0.2, 0) is 12.8 Å². The molecule has 0 saturated heterocycles. The third kappa shape index (κ3) is 4.89.